The van der Waals surface area contributed by atoms with Crippen molar-refractivity contribution in [3.05, 3.63) is 40.0 Å². The molecule has 0 radical (unpaired) electrons. The van der Waals surface area contributed by atoms with Crippen LogP contribution >= 0.6 is 23.2 Å². The molecule has 15 heteroatoms. The van der Waals surface area contributed by atoms with Crippen LogP contribution in [0.2, 0.25) is 35.7 Å². The molecular formula is C25H29Cl2N7O5Si. The summed E-state index contributed by atoms with van der Waals surface area (Å²) < 4.78 is 13.7. The Morgan fingerprint density at radius 3 is 2.45 bits per heavy atom. The lowest BCUT2D eigenvalue weighted by Crippen LogP contribution is -2.34. The van der Waals surface area contributed by atoms with Crippen LogP contribution in [0.3, 0.4) is 0 Å². The minimum Gasteiger partial charge on any atom is -0.465 e. The lowest BCUT2D eigenvalue weighted by atomic mass is 10.0. The van der Waals surface area contributed by atoms with Crippen LogP contribution in [0.4, 0.5) is 10.5 Å². The van der Waals surface area contributed by atoms with Crippen molar-refractivity contribution in [2.45, 2.75) is 52.2 Å². The van der Waals surface area contributed by atoms with Gasteiger partial charge in [0, 0.05) is 32.3 Å². The quantitative estimate of drug-likeness (QED) is 0.102. The summed E-state index contributed by atoms with van der Waals surface area (Å²) in [6, 6.07) is 7.12. The average molecular weight is 607 g/mol. The van der Waals surface area contributed by atoms with E-state index in [1.807, 2.05) is 10.8 Å². The highest BCUT2D eigenvalue weighted by Crippen LogP contribution is 2.39. The number of nitrogens with one attached hydrogen (secondary N) is 2. The van der Waals surface area contributed by atoms with Gasteiger partial charge in [0.2, 0.25) is 11.6 Å². The highest BCUT2D eigenvalue weighted by atomic mass is 35.5. The van der Waals surface area contributed by atoms with E-state index in [0.29, 0.717) is 19.0 Å². The molecule has 0 saturated heterocycles. The molecular weight excluding hydrogens is 577 g/mol. The molecule has 0 aliphatic carbocycles. The number of carbonyl (C=O) groups is 2. The first kappa shape index (κ1) is 30.8. The second kappa shape index (κ2) is 13.1. The van der Waals surface area contributed by atoms with Crippen LogP contribution in [0, 0.1) is 11.3 Å². The molecule has 0 spiro atoms. The van der Waals surface area contributed by atoms with Gasteiger partial charge in [0.25, 0.3) is 5.91 Å². The number of fused-ring (bicyclic) bond motifs is 1. The smallest absolute Gasteiger partial charge is 0.411 e. The normalized spacial score (nSPS) is 11.9. The van der Waals surface area contributed by atoms with Gasteiger partial charge < -0.3 is 19.1 Å². The van der Waals surface area contributed by atoms with Gasteiger partial charge in [-0.25, -0.2) is 4.79 Å². The SMILES string of the molecule is CC(C)c1cn(COCC[Si](C)(C)C)c2nnc(Oc3c(Cl)cc(NN=C(C#N)C(=O)NC(=O)O)cc3Cl)cc12. The summed E-state index contributed by atoms with van der Waals surface area (Å²) in [7, 11) is -1.20. The number of benzene rings is 1. The number of rotatable bonds is 11. The number of nitrogens with zero attached hydrogens (tertiary/aromatic N) is 5. The molecule has 2 amide bonds. The van der Waals surface area contributed by atoms with Crippen LogP contribution in [0.25, 0.3) is 11.0 Å². The molecule has 0 aliphatic heterocycles. The summed E-state index contributed by atoms with van der Waals surface area (Å²) in [5.74, 6) is -0.708. The lowest BCUT2D eigenvalue weighted by Gasteiger charge is -2.15. The topological polar surface area (TPSA) is 164 Å². The molecule has 3 rings (SSSR count). The zero-order valence-electron chi connectivity index (χ0n) is 22.6. The first-order chi connectivity index (χ1) is 18.8. The van der Waals surface area contributed by atoms with E-state index < -0.39 is 25.8 Å². The van der Waals surface area contributed by atoms with Crippen molar-refractivity contribution in [1.82, 2.24) is 20.1 Å². The fraction of sp³-hybridized carbons (Fsp3) is 0.360. The molecule has 2 heterocycles. The van der Waals surface area contributed by atoms with Crippen LogP contribution < -0.4 is 15.5 Å². The van der Waals surface area contributed by atoms with Crippen molar-refractivity contribution in [2.24, 2.45) is 5.10 Å². The van der Waals surface area contributed by atoms with E-state index in [4.69, 9.17) is 43.0 Å². The minimum atomic E-state index is -1.62. The van der Waals surface area contributed by atoms with Crippen molar-refractivity contribution in [1.29, 1.82) is 5.26 Å². The fourth-order valence-electron chi connectivity index (χ4n) is 3.47. The summed E-state index contributed by atoms with van der Waals surface area (Å²) in [5, 5.41) is 32.4. The number of nitriles is 1. The number of imide groups is 1. The van der Waals surface area contributed by atoms with Crippen LogP contribution in [0.15, 0.2) is 29.5 Å². The Hall–Kier alpha value is -3.70. The molecule has 0 fully saturated rings. The van der Waals surface area contributed by atoms with Gasteiger partial charge in [0.15, 0.2) is 11.4 Å². The van der Waals surface area contributed by atoms with E-state index in [1.165, 1.54) is 23.5 Å². The van der Waals surface area contributed by atoms with Crippen LogP contribution in [0.1, 0.15) is 25.3 Å². The highest BCUT2D eigenvalue weighted by Gasteiger charge is 2.19. The fourth-order valence-corrected chi connectivity index (χ4v) is 4.79. The molecule has 0 aliphatic rings. The molecule has 3 N–H and O–H groups in total. The molecule has 2 aromatic heterocycles. The van der Waals surface area contributed by atoms with Gasteiger partial charge in [0.1, 0.15) is 12.8 Å². The summed E-state index contributed by atoms with van der Waals surface area (Å²) in [6.07, 6.45) is 0.389. The van der Waals surface area contributed by atoms with Crippen molar-refractivity contribution in [3.63, 3.8) is 0 Å². The number of amides is 2. The predicted molar refractivity (Wildman–Crippen MR) is 155 cm³/mol. The molecule has 1 aromatic carbocycles. The third-order valence-corrected chi connectivity index (χ3v) is 7.79. The summed E-state index contributed by atoms with van der Waals surface area (Å²) >= 11 is 12.8. The molecule has 0 atom stereocenters. The van der Waals surface area contributed by atoms with E-state index in [0.717, 1.165) is 17.0 Å². The van der Waals surface area contributed by atoms with Gasteiger partial charge in [-0.1, -0.05) is 56.7 Å². The van der Waals surface area contributed by atoms with Gasteiger partial charge in [-0.05, 0) is 29.7 Å². The maximum Gasteiger partial charge on any atom is 0.411 e. The van der Waals surface area contributed by atoms with E-state index in [1.54, 1.807) is 6.07 Å². The van der Waals surface area contributed by atoms with Gasteiger partial charge in [-0.2, -0.15) is 10.4 Å². The van der Waals surface area contributed by atoms with E-state index in [9.17, 15) is 9.59 Å². The maximum atomic E-state index is 11.7. The molecule has 212 valence electrons. The molecule has 0 bridgehead atoms. The van der Waals surface area contributed by atoms with Gasteiger partial charge in [-0.15, -0.1) is 10.2 Å². The third-order valence-electron chi connectivity index (χ3n) is 5.52. The van der Waals surface area contributed by atoms with Crippen LogP contribution in [0.5, 0.6) is 11.6 Å². The van der Waals surface area contributed by atoms with Crippen molar-refractivity contribution in [2.75, 3.05) is 12.0 Å². The number of halogens is 2. The number of anilines is 1. The number of hydrogen-bond donors (Lipinski definition) is 3. The number of aromatic nitrogens is 3. The Balaban J connectivity index is 1.81. The van der Waals surface area contributed by atoms with Gasteiger partial charge >= 0.3 is 6.09 Å². The molecule has 0 saturated carbocycles. The molecule has 12 nitrogen and oxygen atoms in total. The molecule has 40 heavy (non-hydrogen) atoms. The number of hydrazone groups is 1. The van der Waals surface area contributed by atoms with Crippen LogP contribution in [-0.2, 0) is 16.3 Å². The Morgan fingerprint density at radius 2 is 1.88 bits per heavy atom. The van der Waals surface area contributed by atoms with Crippen molar-refractivity contribution < 1.29 is 24.2 Å². The number of carbonyl (C=O) groups excluding carboxylic acids is 1. The average Bonchev–Trinajstić information content (AvgIpc) is 3.21. The second-order valence-electron chi connectivity index (χ2n) is 10.3. The third kappa shape index (κ3) is 8.15. The first-order valence-corrected chi connectivity index (χ1v) is 16.6. The minimum absolute atomic E-state index is 0.0815. The maximum absolute atomic E-state index is 11.7. The Kier molecular flexibility index (Phi) is 10.1. The standard InChI is InChI=1S/C25H29Cl2N7O5Si/c1-14(2)17-12-34(13-38-6-7-40(3,4)5)23-16(17)10-21(32-33-23)39-22-18(26)8-15(9-19(22)27)30-31-20(11-28)24(35)29-25(36)37/h8-10,12,14,30H,6-7,13H2,1-5H3,(H,29,35)(H,36,37). The van der Waals surface area contributed by atoms with Crippen molar-refractivity contribution >= 4 is 65.7 Å². The Bertz CT molecular complexity index is 1470. The number of ether oxygens (including phenoxy) is 2. The largest absolute Gasteiger partial charge is 0.465 e. The molecule has 3 aromatic rings. The van der Waals surface area contributed by atoms with Gasteiger partial charge in [0.05, 0.1) is 15.7 Å². The highest BCUT2D eigenvalue weighted by molar-refractivity contribution is 6.76. The zero-order chi connectivity index (χ0) is 29.6. The second-order valence-corrected chi connectivity index (χ2v) is 16.7. The van der Waals surface area contributed by atoms with E-state index in [-0.39, 0.29) is 33.3 Å². The predicted octanol–water partition coefficient (Wildman–Crippen LogP) is 6.05. The monoisotopic (exact) mass is 605 g/mol. The molecule has 0 unspecified atom stereocenters. The number of carboxylic acid groups (broad SMARTS) is 1. The van der Waals surface area contributed by atoms with E-state index >= 15 is 0 Å². The van der Waals surface area contributed by atoms with Crippen LogP contribution in [-0.4, -0.2) is 52.3 Å². The zero-order valence-corrected chi connectivity index (χ0v) is 25.1. The van der Waals surface area contributed by atoms with Gasteiger partial charge in [-0.3, -0.25) is 15.5 Å². The van der Waals surface area contributed by atoms with Crippen molar-refractivity contribution in [3.8, 4) is 17.7 Å². The first-order valence-electron chi connectivity index (χ1n) is 12.2. The summed E-state index contributed by atoms with van der Waals surface area (Å²) in [6.45, 7) is 12.1. The summed E-state index contributed by atoms with van der Waals surface area (Å²) in [5.41, 5.74) is 3.67. The Labute approximate surface area is 241 Å². The van der Waals surface area contributed by atoms with E-state index in [2.05, 4.69) is 54.2 Å². The number of hydrogen-bond acceptors (Lipinski definition) is 9. The Morgan fingerprint density at radius 1 is 1.20 bits per heavy atom. The summed E-state index contributed by atoms with van der Waals surface area (Å²) in [4.78, 5) is 22.3. The lowest BCUT2D eigenvalue weighted by molar-refractivity contribution is -0.114.